The lowest BCUT2D eigenvalue weighted by Gasteiger charge is -2.27. The number of piperidine rings is 1. The number of aromatic nitrogens is 3. The summed E-state index contributed by atoms with van der Waals surface area (Å²) < 4.78 is 1.72. The van der Waals surface area contributed by atoms with Gasteiger partial charge >= 0.3 is 0 Å². The highest BCUT2D eigenvalue weighted by Crippen LogP contribution is 2.27. The first-order valence-corrected chi connectivity index (χ1v) is 11.6. The summed E-state index contributed by atoms with van der Waals surface area (Å²) in [5.74, 6) is -0.0211. The number of pyridine rings is 1. The Labute approximate surface area is 198 Å². The first kappa shape index (κ1) is 21.8. The molecular weight excluding hydrogens is 426 g/mol. The molecule has 0 aliphatic carbocycles. The summed E-state index contributed by atoms with van der Waals surface area (Å²) in [6.45, 7) is 2.99. The van der Waals surface area contributed by atoms with E-state index in [1.807, 2.05) is 79.5 Å². The van der Waals surface area contributed by atoms with E-state index >= 15 is 0 Å². The first-order chi connectivity index (χ1) is 16.5. The third-order valence-electron chi connectivity index (χ3n) is 6.28. The highest BCUT2D eigenvalue weighted by Gasteiger charge is 2.21. The van der Waals surface area contributed by atoms with Gasteiger partial charge in [-0.25, -0.2) is 4.98 Å². The van der Waals surface area contributed by atoms with Gasteiger partial charge in [-0.05, 0) is 43.5 Å². The Morgan fingerprint density at radius 1 is 1.06 bits per heavy atom. The van der Waals surface area contributed by atoms with Gasteiger partial charge in [0.25, 0.3) is 5.91 Å². The second kappa shape index (κ2) is 9.09. The molecule has 0 unspecified atom stereocenters. The smallest absolute Gasteiger partial charge is 0.252 e. The summed E-state index contributed by atoms with van der Waals surface area (Å²) >= 11 is 0. The van der Waals surface area contributed by atoms with Gasteiger partial charge in [-0.1, -0.05) is 42.5 Å². The second-order valence-corrected chi connectivity index (χ2v) is 8.68. The molecule has 1 aliphatic rings. The molecule has 172 valence electrons. The number of nitrogens with zero attached hydrogens (tertiary/aromatic N) is 4. The number of hydrogen-bond donors (Lipinski definition) is 1. The average Bonchev–Trinajstić information content (AvgIpc) is 3.16. The number of carbonyl (C=O) groups is 2. The molecule has 7 heteroatoms. The Morgan fingerprint density at radius 3 is 2.68 bits per heavy atom. The summed E-state index contributed by atoms with van der Waals surface area (Å²) in [7, 11) is 1.84. The van der Waals surface area contributed by atoms with Crippen molar-refractivity contribution in [2.75, 3.05) is 11.4 Å². The Hall–Kier alpha value is -4.00. The maximum atomic E-state index is 13.4. The van der Waals surface area contributed by atoms with Crippen LogP contribution in [0.25, 0.3) is 22.3 Å². The number of amides is 2. The van der Waals surface area contributed by atoms with E-state index in [2.05, 4.69) is 10.4 Å². The van der Waals surface area contributed by atoms with E-state index in [0.29, 0.717) is 24.2 Å². The fourth-order valence-electron chi connectivity index (χ4n) is 4.57. The maximum Gasteiger partial charge on any atom is 0.252 e. The second-order valence-electron chi connectivity index (χ2n) is 8.68. The molecular formula is C27H27N5O2. The molecule has 2 aromatic carbocycles. The van der Waals surface area contributed by atoms with Gasteiger partial charge in [-0.3, -0.25) is 14.3 Å². The van der Waals surface area contributed by atoms with Crippen LogP contribution in [0, 0.1) is 6.92 Å². The molecule has 3 heterocycles. The third kappa shape index (κ3) is 4.17. The van der Waals surface area contributed by atoms with Crippen LogP contribution >= 0.6 is 0 Å². The SMILES string of the molecule is Cc1nn(C)c2nc(-c3ccccc3)cc(C(=O)NCc3cccc(N4CCCCC4=O)c3)c12. The van der Waals surface area contributed by atoms with Crippen LogP contribution in [0.3, 0.4) is 0 Å². The lowest BCUT2D eigenvalue weighted by molar-refractivity contribution is -0.119. The summed E-state index contributed by atoms with van der Waals surface area (Å²) in [5.41, 5.74) is 5.49. The fraction of sp³-hybridized carbons (Fsp3) is 0.259. The molecule has 1 saturated heterocycles. The van der Waals surface area contributed by atoms with E-state index in [1.54, 1.807) is 4.68 Å². The van der Waals surface area contributed by atoms with E-state index in [1.165, 1.54) is 0 Å². The number of hydrogen-bond acceptors (Lipinski definition) is 4. The summed E-state index contributed by atoms with van der Waals surface area (Å²) in [5, 5.41) is 8.31. The Kier molecular flexibility index (Phi) is 5.84. The van der Waals surface area contributed by atoms with Gasteiger partial charge in [0.05, 0.1) is 22.3 Å². The zero-order valence-electron chi connectivity index (χ0n) is 19.4. The van der Waals surface area contributed by atoms with Crippen molar-refractivity contribution < 1.29 is 9.59 Å². The van der Waals surface area contributed by atoms with Crippen LogP contribution in [0.5, 0.6) is 0 Å². The highest BCUT2D eigenvalue weighted by atomic mass is 16.2. The van der Waals surface area contributed by atoms with Gasteiger partial charge in [0, 0.05) is 37.8 Å². The lowest BCUT2D eigenvalue weighted by Crippen LogP contribution is -2.35. The minimum absolute atomic E-state index is 0.159. The number of aryl methyl sites for hydroxylation is 2. The third-order valence-corrected chi connectivity index (χ3v) is 6.28. The molecule has 2 amide bonds. The molecule has 4 aromatic rings. The van der Waals surface area contributed by atoms with Crippen molar-refractivity contribution in [2.24, 2.45) is 7.05 Å². The van der Waals surface area contributed by atoms with Crippen molar-refractivity contribution >= 4 is 28.5 Å². The topological polar surface area (TPSA) is 80.1 Å². The van der Waals surface area contributed by atoms with Crippen molar-refractivity contribution in [1.82, 2.24) is 20.1 Å². The molecule has 1 aliphatic heterocycles. The molecule has 0 atom stereocenters. The maximum absolute atomic E-state index is 13.4. The molecule has 1 fully saturated rings. The van der Waals surface area contributed by atoms with Crippen LogP contribution in [0.2, 0.25) is 0 Å². The van der Waals surface area contributed by atoms with Crippen molar-refractivity contribution in [1.29, 1.82) is 0 Å². The van der Waals surface area contributed by atoms with Crippen LogP contribution in [0.15, 0.2) is 60.7 Å². The van der Waals surface area contributed by atoms with Crippen LogP contribution in [-0.2, 0) is 18.4 Å². The standard InChI is InChI=1S/C27H27N5O2/c1-18-25-22(16-23(20-10-4-3-5-11-20)29-26(25)31(2)30-18)27(34)28-17-19-9-8-12-21(15-19)32-14-7-6-13-24(32)33/h3-5,8-12,15-16H,6-7,13-14,17H2,1-2H3,(H,28,34). The van der Waals surface area contributed by atoms with E-state index in [0.717, 1.165) is 53.0 Å². The van der Waals surface area contributed by atoms with E-state index in [4.69, 9.17) is 4.98 Å². The van der Waals surface area contributed by atoms with Crippen LogP contribution in [0.1, 0.15) is 40.9 Å². The molecule has 0 spiro atoms. The van der Waals surface area contributed by atoms with Gasteiger partial charge < -0.3 is 10.2 Å². The van der Waals surface area contributed by atoms with E-state index in [9.17, 15) is 9.59 Å². The van der Waals surface area contributed by atoms with E-state index < -0.39 is 0 Å². The first-order valence-electron chi connectivity index (χ1n) is 11.6. The molecule has 2 aromatic heterocycles. The van der Waals surface area contributed by atoms with Crippen molar-refractivity contribution in [3.8, 4) is 11.3 Å². The number of nitrogens with one attached hydrogen (secondary N) is 1. The van der Waals surface area contributed by atoms with Crippen molar-refractivity contribution in [2.45, 2.75) is 32.7 Å². The quantitative estimate of drug-likeness (QED) is 0.486. The Bertz CT molecular complexity index is 1380. The normalized spacial score (nSPS) is 13.9. The average molecular weight is 454 g/mol. The minimum Gasteiger partial charge on any atom is -0.348 e. The summed E-state index contributed by atoms with van der Waals surface area (Å²) in [6, 6.07) is 19.5. The number of carbonyl (C=O) groups excluding carboxylic acids is 2. The zero-order chi connectivity index (χ0) is 23.7. The lowest BCUT2D eigenvalue weighted by atomic mass is 10.0. The highest BCUT2D eigenvalue weighted by molar-refractivity contribution is 6.07. The van der Waals surface area contributed by atoms with Crippen molar-refractivity contribution in [3.05, 3.63) is 77.5 Å². The molecule has 7 nitrogen and oxygen atoms in total. The largest absolute Gasteiger partial charge is 0.348 e. The predicted octanol–water partition coefficient (Wildman–Crippen LogP) is 4.39. The Morgan fingerprint density at radius 2 is 1.88 bits per heavy atom. The van der Waals surface area contributed by atoms with Crippen LogP contribution in [0.4, 0.5) is 5.69 Å². The summed E-state index contributed by atoms with van der Waals surface area (Å²) in [6.07, 6.45) is 2.55. The monoisotopic (exact) mass is 453 g/mol. The molecule has 5 rings (SSSR count). The molecule has 0 radical (unpaired) electrons. The van der Waals surface area contributed by atoms with Gasteiger partial charge in [-0.2, -0.15) is 5.10 Å². The Balaban J connectivity index is 1.43. The number of anilines is 1. The van der Waals surface area contributed by atoms with E-state index in [-0.39, 0.29) is 11.8 Å². The van der Waals surface area contributed by atoms with Crippen molar-refractivity contribution in [3.63, 3.8) is 0 Å². The van der Waals surface area contributed by atoms with Gasteiger partial charge in [-0.15, -0.1) is 0 Å². The fourth-order valence-corrected chi connectivity index (χ4v) is 4.57. The van der Waals surface area contributed by atoms with Gasteiger partial charge in [0.15, 0.2) is 5.65 Å². The van der Waals surface area contributed by atoms with Crippen LogP contribution in [-0.4, -0.2) is 33.1 Å². The molecule has 0 saturated carbocycles. The molecule has 0 bridgehead atoms. The zero-order valence-corrected chi connectivity index (χ0v) is 19.4. The summed E-state index contributed by atoms with van der Waals surface area (Å²) in [4.78, 5) is 32.3. The minimum atomic E-state index is -0.180. The number of rotatable bonds is 5. The predicted molar refractivity (Wildman–Crippen MR) is 132 cm³/mol. The molecule has 34 heavy (non-hydrogen) atoms. The van der Waals surface area contributed by atoms with Gasteiger partial charge in [0.1, 0.15) is 0 Å². The number of fused-ring (bicyclic) bond motifs is 1. The van der Waals surface area contributed by atoms with Crippen LogP contribution < -0.4 is 10.2 Å². The molecule has 1 N–H and O–H groups in total. The van der Waals surface area contributed by atoms with Gasteiger partial charge in [0.2, 0.25) is 5.91 Å². The number of benzene rings is 2.